The van der Waals surface area contributed by atoms with Crippen LogP contribution < -0.4 is 9.80 Å². The summed E-state index contributed by atoms with van der Waals surface area (Å²) in [5, 5.41) is 1.18. The van der Waals surface area contributed by atoms with Crippen molar-refractivity contribution in [3.8, 4) is 11.3 Å². The summed E-state index contributed by atoms with van der Waals surface area (Å²) in [5.74, 6) is 2.03. The summed E-state index contributed by atoms with van der Waals surface area (Å²) in [5.41, 5.74) is 3.13. The fourth-order valence-corrected chi connectivity index (χ4v) is 3.68. The summed E-state index contributed by atoms with van der Waals surface area (Å²) < 4.78 is 0. The number of nitrogens with zero attached hydrogens (tertiary/aromatic N) is 5. The van der Waals surface area contributed by atoms with Crippen LogP contribution in [0.3, 0.4) is 0 Å². The molecule has 3 heterocycles. The molecule has 0 amide bonds. The van der Waals surface area contributed by atoms with Gasteiger partial charge in [0.25, 0.3) is 0 Å². The van der Waals surface area contributed by atoms with Crippen LogP contribution in [0.4, 0.5) is 11.6 Å². The van der Waals surface area contributed by atoms with E-state index in [0.717, 1.165) is 54.6 Å². The number of anilines is 2. The smallest absolute Gasteiger partial charge is 0.132 e. The molecule has 4 aromatic rings. The van der Waals surface area contributed by atoms with Crippen molar-refractivity contribution in [1.82, 2.24) is 15.0 Å². The third kappa shape index (κ3) is 3.27. The second-order valence-corrected chi connectivity index (χ2v) is 6.96. The zero-order valence-electron chi connectivity index (χ0n) is 15.6. The summed E-state index contributed by atoms with van der Waals surface area (Å²) in [6.45, 7) is 3.69. The second-order valence-electron chi connectivity index (χ2n) is 6.96. The Morgan fingerprint density at radius 2 is 1.36 bits per heavy atom. The molecular formula is C23H21N5. The summed E-state index contributed by atoms with van der Waals surface area (Å²) in [6.07, 6.45) is 1.66. The molecule has 0 spiro atoms. The average Bonchev–Trinajstić information content (AvgIpc) is 2.79. The van der Waals surface area contributed by atoms with E-state index in [2.05, 4.69) is 62.2 Å². The van der Waals surface area contributed by atoms with Gasteiger partial charge in [-0.2, -0.15) is 0 Å². The molecule has 5 heteroatoms. The molecule has 5 rings (SSSR count). The van der Waals surface area contributed by atoms with Gasteiger partial charge in [-0.05, 0) is 18.2 Å². The van der Waals surface area contributed by atoms with E-state index in [0.29, 0.717) is 0 Å². The predicted molar refractivity (Wildman–Crippen MR) is 114 cm³/mol. The Morgan fingerprint density at radius 3 is 2.18 bits per heavy atom. The minimum Gasteiger partial charge on any atom is -0.353 e. The van der Waals surface area contributed by atoms with Crippen LogP contribution in [0.1, 0.15) is 0 Å². The first-order valence-corrected chi connectivity index (χ1v) is 9.60. The van der Waals surface area contributed by atoms with Gasteiger partial charge in [0.15, 0.2) is 0 Å². The highest BCUT2D eigenvalue weighted by atomic mass is 15.3. The SMILES string of the molecule is c1ccc(-c2cc(N3CCN(c4ccc5ccccc5n4)CC3)ncn2)cc1. The van der Waals surface area contributed by atoms with Crippen molar-refractivity contribution in [2.75, 3.05) is 36.0 Å². The largest absolute Gasteiger partial charge is 0.353 e. The Bertz CT molecular complexity index is 1090. The molecule has 1 aliphatic heterocycles. The van der Waals surface area contributed by atoms with E-state index >= 15 is 0 Å². The van der Waals surface area contributed by atoms with Crippen molar-refractivity contribution in [2.45, 2.75) is 0 Å². The molecule has 1 saturated heterocycles. The molecule has 2 aromatic heterocycles. The summed E-state index contributed by atoms with van der Waals surface area (Å²) in [7, 11) is 0. The predicted octanol–water partition coefficient (Wildman–Crippen LogP) is 4.02. The van der Waals surface area contributed by atoms with Gasteiger partial charge in [-0.25, -0.2) is 15.0 Å². The normalized spacial score (nSPS) is 14.4. The quantitative estimate of drug-likeness (QED) is 0.547. The molecule has 1 fully saturated rings. The van der Waals surface area contributed by atoms with Crippen molar-refractivity contribution < 1.29 is 0 Å². The number of piperazine rings is 1. The fraction of sp³-hybridized carbons (Fsp3) is 0.174. The molecule has 0 atom stereocenters. The first-order valence-electron chi connectivity index (χ1n) is 9.60. The third-order valence-electron chi connectivity index (χ3n) is 5.23. The number of aromatic nitrogens is 3. The molecule has 2 aromatic carbocycles. The molecule has 0 saturated carbocycles. The topological polar surface area (TPSA) is 45.2 Å². The Balaban J connectivity index is 1.32. The van der Waals surface area contributed by atoms with Crippen LogP contribution >= 0.6 is 0 Å². The van der Waals surface area contributed by atoms with E-state index in [1.165, 1.54) is 5.39 Å². The first-order chi connectivity index (χ1) is 13.9. The van der Waals surface area contributed by atoms with E-state index in [4.69, 9.17) is 4.98 Å². The van der Waals surface area contributed by atoms with Crippen molar-refractivity contribution in [3.63, 3.8) is 0 Å². The van der Waals surface area contributed by atoms with Gasteiger partial charge in [0, 0.05) is 43.2 Å². The van der Waals surface area contributed by atoms with Crippen molar-refractivity contribution in [3.05, 3.63) is 79.1 Å². The number of hydrogen-bond donors (Lipinski definition) is 0. The summed E-state index contributed by atoms with van der Waals surface area (Å²) in [4.78, 5) is 18.5. The minimum atomic E-state index is 0.916. The molecule has 138 valence electrons. The van der Waals surface area contributed by atoms with Crippen LogP contribution in [0.15, 0.2) is 79.1 Å². The van der Waals surface area contributed by atoms with Crippen LogP contribution in [-0.2, 0) is 0 Å². The maximum Gasteiger partial charge on any atom is 0.132 e. The van der Waals surface area contributed by atoms with Gasteiger partial charge in [-0.3, -0.25) is 0 Å². The molecule has 0 N–H and O–H groups in total. The number of para-hydroxylation sites is 1. The maximum absolute atomic E-state index is 4.83. The molecule has 0 bridgehead atoms. The fourth-order valence-electron chi connectivity index (χ4n) is 3.68. The number of fused-ring (bicyclic) bond motifs is 1. The molecule has 0 radical (unpaired) electrons. The Labute approximate surface area is 164 Å². The molecule has 5 nitrogen and oxygen atoms in total. The lowest BCUT2D eigenvalue weighted by molar-refractivity contribution is 0.642. The van der Waals surface area contributed by atoms with E-state index in [1.54, 1.807) is 6.33 Å². The van der Waals surface area contributed by atoms with Gasteiger partial charge in [-0.1, -0.05) is 48.5 Å². The van der Waals surface area contributed by atoms with Crippen molar-refractivity contribution >= 4 is 22.5 Å². The van der Waals surface area contributed by atoms with Crippen LogP contribution in [0, 0.1) is 0 Å². The van der Waals surface area contributed by atoms with Crippen LogP contribution in [0.25, 0.3) is 22.2 Å². The van der Waals surface area contributed by atoms with E-state index in [9.17, 15) is 0 Å². The van der Waals surface area contributed by atoms with Gasteiger partial charge in [0.05, 0.1) is 11.2 Å². The standard InChI is InChI=1S/C23H21N5/c1-2-6-18(7-3-1)21-16-23(25-17-24-21)28-14-12-27(13-15-28)22-11-10-19-8-4-5-9-20(19)26-22/h1-11,16-17H,12-15H2. The van der Waals surface area contributed by atoms with Crippen molar-refractivity contribution in [2.24, 2.45) is 0 Å². The van der Waals surface area contributed by atoms with Gasteiger partial charge in [0.2, 0.25) is 0 Å². The monoisotopic (exact) mass is 367 g/mol. The summed E-state index contributed by atoms with van der Waals surface area (Å²) >= 11 is 0. The lowest BCUT2D eigenvalue weighted by Crippen LogP contribution is -2.47. The van der Waals surface area contributed by atoms with Crippen LogP contribution in [0.2, 0.25) is 0 Å². The lowest BCUT2D eigenvalue weighted by Gasteiger charge is -2.36. The molecule has 0 unspecified atom stereocenters. The highest BCUT2D eigenvalue weighted by molar-refractivity contribution is 5.80. The number of rotatable bonds is 3. The molecular weight excluding hydrogens is 346 g/mol. The number of benzene rings is 2. The Kier molecular flexibility index (Phi) is 4.33. The third-order valence-corrected chi connectivity index (χ3v) is 5.23. The average molecular weight is 367 g/mol. The zero-order chi connectivity index (χ0) is 18.8. The van der Waals surface area contributed by atoms with Gasteiger partial charge in [0.1, 0.15) is 18.0 Å². The second kappa shape index (κ2) is 7.27. The Morgan fingerprint density at radius 1 is 0.643 bits per heavy atom. The molecule has 28 heavy (non-hydrogen) atoms. The minimum absolute atomic E-state index is 0.916. The van der Waals surface area contributed by atoms with E-state index < -0.39 is 0 Å². The first kappa shape index (κ1) is 16.7. The maximum atomic E-state index is 4.83. The molecule has 0 aliphatic carbocycles. The summed E-state index contributed by atoms with van der Waals surface area (Å²) in [6, 6.07) is 24.9. The molecule has 1 aliphatic rings. The highest BCUT2D eigenvalue weighted by Gasteiger charge is 2.19. The van der Waals surface area contributed by atoms with Crippen LogP contribution in [0.5, 0.6) is 0 Å². The van der Waals surface area contributed by atoms with Gasteiger partial charge in [-0.15, -0.1) is 0 Å². The highest BCUT2D eigenvalue weighted by Crippen LogP contribution is 2.23. The Hall–Kier alpha value is -3.47. The number of pyridine rings is 1. The van der Waals surface area contributed by atoms with E-state index in [-0.39, 0.29) is 0 Å². The van der Waals surface area contributed by atoms with E-state index in [1.807, 2.05) is 30.3 Å². The van der Waals surface area contributed by atoms with Gasteiger partial charge < -0.3 is 9.80 Å². The van der Waals surface area contributed by atoms with Crippen molar-refractivity contribution in [1.29, 1.82) is 0 Å². The zero-order valence-corrected chi connectivity index (χ0v) is 15.6. The number of hydrogen-bond acceptors (Lipinski definition) is 5. The lowest BCUT2D eigenvalue weighted by atomic mass is 10.1. The van der Waals surface area contributed by atoms with Gasteiger partial charge >= 0.3 is 0 Å². The van der Waals surface area contributed by atoms with Crippen LogP contribution in [-0.4, -0.2) is 41.1 Å².